The van der Waals surface area contributed by atoms with Gasteiger partial charge in [0.05, 0.1) is 23.3 Å². The van der Waals surface area contributed by atoms with E-state index < -0.39 is 145 Å². The Morgan fingerprint density at radius 1 is 0.386 bits per heavy atom. The fraction of sp³-hybridized carbons (Fsp3) is 0.0400. The highest BCUT2D eigenvalue weighted by Gasteiger charge is 2.39. The Kier molecular flexibility index (Phi) is 8.44. The van der Waals surface area contributed by atoms with Crippen molar-refractivity contribution in [2.45, 2.75) is 6.61 Å². The number of aliphatic hydroxyl groups excluding tert-OH is 1. The third kappa shape index (κ3) is 4.57. The first kappa shape index (κ1) is 32.7. The van der Waals surface area contributed by atoms with Gasteiger partial charge in [0.1, 0.15) is 0 Å². The van der Waals surface area contributed by atoms with Crippen LogP contribution in [0.15, 0.2) is 6.07 Å². The summed E-state index contributed by atoms with van der Waals surface area (Å²) in [6.07, 6.45) is 0. The molecule has 0 aliphatic rings. The first-order valence-electron chi connectivity index (χ1n) is 11.1. The summed E-state index contributed by atoms with van der Waals surface area (Å²) in [6, 6.07) is -0.169. The zero-order valence-electron chi connectivity index (χ0n) is 20.4. The molecule has 0 aliphatic carbocycles. The fourth-order valence-electron chi connectivity index (χ4n) is 4.37. The molecular weight excluding hydrogens is 644 g/mol. The van der Waals surface area contributed by atoms with Gasteiger partial charge in [-0.25, -0.2) is 65.9 Å². The molecular formula is C25H6BF15O3. The van der Waals surface area contributed by atoms with E-state index in [-0.39, 0.29) is 6.07 Å². The maximum absolute atomic E-state index is 15.1. The maximum atomic E-state index is 15.1. The third-order valence-electron chi connectivity index (χ3n) is 6.30. The minimum Gasteiger partial charge on any atom is -0.423 e. The Morgan fingerprint density at radius 2 is 0.659 bits per heavy atom. The molecule has 0 atom stereocenters. The van der Waals surface area contributed by atoms with Crippen LogP contribution < -0.4 is 5.46 Å². The lowest BCUT2D eigenvalue weighted by atomic mass is 9.70. The second-order valence-electron chi connectivity index (χ2n) is 8.61. The van der Waals surface area contributed by atoms with E-state index in [1.165, 1.54) is 0 Å². The molecule has 0 heterocycles. The zero-order chi connectivity index (χ0) is 33.3. The molecule has 0 bridgehead atoms. The topological polar surface area (TPSA) is 60.7 Å². The highest BCUT2D eigenvalue weighted by molar-refractivity contribution is 6.59. The van der Waals surface area contributed by atoms with Crippen LogP contribution in [-0.2, 0) is 6.61 Å². The Hall–Kier alpha value is -4.23. The molecule has 232 valence electrons. The Labute approximate surface area is 233 Å². The van der Waals surface area contributed by atoms with Crippen LogP contribution in [0, 0.1) is 87.3 Å². The van der Waals surface area contributed by atoms with E-state index in [1.54, 1.807) is 0 Å². The second-order valence-corrected chi connectivity index (χ2v) is 8.61. The first-order chi connectivity index (χ1) is 20.4. The van der Waals surface area contributed by atoms with E-state index >= 15 is 17.6 Å². The van der Waals surface area contributed by atoms with Crippen molar-refractivity contribution in [2.24, 2.45) is 0 Å². The van der Waals surface area contributed by atoms with Crippen molar-refractivity contribution in [1.82, 2.24) is 0 Å². The summed E-state index contributed by atoms with van der Waals surface area (Å²) in [6.45, 7) is -1.89. The minimum atomic E-state index is -3.15. The van der Waals surface area contributed by atoms with Gasteiger partial charge in [-0.2, -0.15) is 0 Å². The molecule has 19 heteroatoms. The van der Waals surface area contributed by atoms with Gasteiger partial charge in [-0.15, -0.1) is 0 Å². The standard InChI is InChI=1S/C25H6BF15O3/c27-11-8(12(28)18(34)23(39)17(11)33)3-1-5(26(43)44)4(2-42)7(10-15(31)21(37)25(41)22(38)16(10)32)6(3)9-13(29)19(35)24(40)20(36)14(9)30/h1,42-44H,2H2. The molecule has 0 saturated heterocycles. The van der Waals surface area contributed by atoms with E-state index in [9.17, 15) is 63.4 Å². The molecule has 4 aromatic carbocycles. The third-order valence-corrected chi connectivity index (χ3v) is 6.30. The van der Waals surface area contributed by atoms with Crippen molar-refractivity contribution >= 4 is 12.6 Å². The van der Waals surface area contributed by atoms with Crippen LogP contribution in [0.2, 0.25) is 0 Å². The number of hydrogen-bond donors (Lipinski definition) is 3. The van der Waals surface area contributed by atoms with Crippen molar-refractivity contribution in [3.63, 3.8) is 0 Å². The Balaban J connectivity index is 2.52. The summed E-state index contributed by atoms with van der Waals surface area (Å²) in [5, 5.41) is 29.5. The van der Waals surface area contributed by atoms with Gasteiger partial charge in [0.25, 0.3) is 0 Å². The van der Waals surface area contributed by atoms with Crippen LogP contribution in [-0.4, -0.2) is 22.3 Å². The molecule has 0 aromatic heterocycles. The van der Waals surface area contributed by atoms with Gasteiger partial charge in [0.15, 0.2) is 69.8 Å². The molecule has 0 radical (unpaired) electrons. The summed E-state index contributed by atoms with van der Waals surface area (Å²) < 4.78 is 217. The van der Waals surface area contributed by atoms with Crippen LogP contribution in [0.5, 0.6) is 0 Å². The average Bonchev–Trinajstić information content (AvgIpc) is 2.99. The number of halogens is 15. The van der Waals surface area contributed by atoms with Gasteiger partial charge in [0, 0.05) is 11.1 Å². The van der Waals surface area contributed by atoms with Gasteiger partial charge in [0.2, 0.25) is 17.5 Å². The van der Waals surface area contributed by atoms with E-state index in [0.717, 1.165) is 0 Å². The minimum absolute atomic E-state index is 0.169. The van der Waals surface area contributed by atoms with Crippen molar-refractivity contribution < 1.29 is 81.0 Å². The Bertz CT molecular complexity index is 1810. The van der Waals surface area contributed by atoms with E-state index in [1.807, 2.05) is 0 Å². The number of rotatable bonds is 5. The summed E-state index contributed by atoms with van der Waals surface area (Å²) in [7, 11) is -3.15. The fourth-order valence-corrected chi connectivity index (χ4v) is 4.37. The first-order valence-corrected chi connectivity index (χ1v) is 11.1. The van der Waals surface area contributed by atoms with E-state index in [0.29, 0.717) is 0 Å². The monoisotopic (exact) mass is 650 g/mol. The molecule has 4 rings (SSSR count). The second kappa shape index (κ2) is 11.4. The molecule has 0 aliphatic heterocycles. The molecule has 3 N–H and O–H groups in total. The van der Waals surface area contributed by atoms with Crippen LogP contribution in [0.3, 0.4) is 0 Å². The molecule has 0 fully saturated rings. The molecule has 4 aromatic rings. The van der Waals surface area contributed by atoms with Crippen molar-refractivity contribution in [1.29, 1.82) is 0 Å². The van der Waals surface area contributed by atoms with Crippen LogP contribution >= 0.6 is 0 Å². The predicted molar refractivity (Wildman–Crippen MR) is 118 cm³/mol. The summed E-state index contributed by atoms with van der Waals surface area (Å²) in [5.41, 5.74) is -16.7. The molecule has 0 amide bonds. The highest BCUT2D eigenvalue weighted by atomic mass is 19.2. The van der Waals surface area contributed by atoms with Gasteiger partial charge < -0.3 is 15.2 Å². The van der Waals surface area contributed by atoms with Crippen molar-refractivity contribution in [2.75, 3.05) is 0 Å². The molecule has 44 heavy (non-hydrogen) atoms. The number of aliphatic hydroxyl groups is 1. The Morgan fingerprint density at radius 3 is 0.955 bits per heavy atom. The molecule has 0 spiro atoms. The maximum Gasteiger partial charge on any atom is 0.488 e. The predicted octanol–water partition coefficient (Wildman–Crippen LogP) is 5.95. The summed E-state index contributed by atoms with van der Waals surface area (Å²) >= 11 is 0. The van der Waals surface area contributed by atoms with Crippen molar-refractivity contribution in [3.05, 3.63) is 98.9 Å². The molecule has 0 unspecified atom stereocenters. The lowest BCUT2D eigenvalue weighted by Crippen LogP contribution is -2.34. The van der Waals surface area contributed by atoms with Gasteiger partial charge in [-0.05, 0) is 16.6 Å². The smallest absolute Gasteiger partial charge is 0.423 e. The molecule has 0 saturated carbocycles. The normalized spacial score (nSPS) is 11.5. The largest absolute Gasteiger partial charge is 0.488 e. The zero-order valence-corrected chi connectivity index (χ0v) is 20.4. The van der Waals surface area contributed by atoms with E-state index in [4.69, 9.17) is 0 Å². The number of hydrogen-bond acceptors (Lipinski definition) is 3. The van der Waals surface area contributed by atoms with Crippen LogP contribution in [0.4, 0.5) is 65.9 Å². The van der Waals surface area contributed by atoms with Gasteiger partial charge in [-0.3, -0.25) is 0 Å². The SMILES string of the molecule is OCc1c(B(O)O)cc(-c2c(F)c(F)c(F)c(F)c2F)c(-c2c(F)c(F)c(F)c(F)c2F)c1-c1c(F)c(F)c(F)c(F)c1F. The highest BCUT2D eigenvalue weighted by Crippen LogP contribution is 2.48. The van der Waals surface area contributed by atoms with E-state index in [2.05, 4.69) is 0 Å². The molecule has 3 nitrogen and oxygen atoms in total. The van der Waals surface area contributed by atoms with Crippen LogP contribution in [0.25, 0.3) is 33.4 Å². The summed E-state index contributed by atoms with van der Waals surface area (Å²) in [4.78, 5) is 0. The van der Waals surface area contributed by atoms with Crippen LogP contribution in [0.1, 0.15) is 5.56 Å². The quantitative estimate of drug-likeness (QED) is 0.109. The average molecular weight is 650 g/mol. The summed E-state index contributed by atoms with van der Waals surface area (Å²) in [5.74, 6) is -43.9. The lowest BCUT2D eigenvalue weighted by Gasteiger charge is -2.24. The van der Waals surface area contributed by atoms with Crippen molar-refractivity contribution in [3.8, 4) is 33.4 Å². The number of benzene rings is 4. The van der Waals surface area contributed by atoms with Gasteiger partial charge >= 0.3 is 7.12 Å². The lowest BCUT2D eigenvalue weighted by molar-refractivity contribution is 0.282. The van der Waals surface area contributed by atoms with Gasteiger partial charge in [-0.1, -0.05) is 6.07 Å².